The summed E-state index contributed by atoms with van der Waals surface area (Å²) < 4.78 is 5.34. The Bertz CT molecular complexity index is 184. The van der Waals surface area contributed by atoms with Crippen LogP contribution in [-0.4, -0.2) is 42.8 Å². The molecule has 0 bridgehead atoms. The van der Waals surface area contributed by atoms with Crippen molar-refractivity contribution in [2.45, 2.75) is 25.6 Å². The number of amidine groups is 1. The van der Waals surface area contributed by atoms with Crippen LogP contribution in [-0.2, 0) is 4.74 Å². The Morgan fingerprint density at radius 2 is 2.33 bits per heavy atom. The third-order valence-electron chi connectivity index (χ3n) is 2.06. The summed E-state index contributed by atoms with van der Waals surface area (Å²) in [5.41, 5.74) is 0. The molecule has 4 heteroatoms. The van der Waals surface area contributed by atoms with E-state index >= 15 is 0 Å². The second-order valence-corrected chi connectivity index (χ2v) is 3.78. The number of rotatable bonds is 1. The lowest BCUT2D eigenvalue weighted by Crippen LogP contribution is -2.42. The second-order valence-electron chi connectivity index (χ2n) is 3.00. The number of hydrogen-bond acceptors (Lipinski definition) is 4. The smallest absolute Gasteiger partial charge is 0.160 e. The maximum atomic E-state index is 5.34. The van der Waals surface area contributed by atoms with Gasteiger partial charge in [-0.3, -0.25) is 4.99 Å². The molecule has 0 aromatic carbocycles. The summed E-state index contributed by atoms with van der Waals surface area (Å²) in [4.78, 5) is 6.59. The topological polar surface area (TPSA) is 24.8 Å². The summed E-state index contributed by atoms with van der Waals surface area (Å²) >= 11 is 1.67. The molecule has 1 aliphatic rings. The highest BCUT2D eigenvalue weighted by atomic mass is 32.2. The van der Waals surface area contributed by atoms with Crippen LogP contribution in [0.3, 0.4) is 0 Å². The minimum Gasteiger partial charge on any atom is -0.361 e. The molecule has 12 heavy (non-hydrogen) atoms. The van der Waals surface area contributed by atoms with Gasteiger partial charge in [-0.1, -0.05) is 11.8 Å². The number of thioether (sulfide) groups is 1. The Morgan fingerprint density at radius 1 is 1.67 bits per heavy atom. The van der Waals surface area contributed by atoms with Gasteiger partial charge in [0.25, 0.3) is 0 Å². The molecule has 1 aliphatic heterocycles. The van der Waals surface area contributed by atoms with E-state index in [0.717, 1.165) is 11.6 Å². The van der Waals surface area contributed by atoms with E-state index in [1.165, 1.54) is 0 Å². The normalized spacial score (nSPS) is 30.3. The van der Waals surface area contributed by atoms with E-state index in [-0.39, 0.29) is 6.23 Å². The predicted molar refractivity (Wildman–Crippen MR) is 53.6 cm³/mol. The van der Waals surface area contributed by atoms with Gasteiger partial charge in [-0.2, -0.15) is 0 Å². The molecule has 0 spiro atoms. The molecule has 1 heterocycles. The van der Waals surface area contributed by atoms with Gasteiger partial charge in [-0.05, 0) is 13.2 Å². The van der Waals surface area contributed by atoms with Crippen molar-refractivity contribution in [1.29, 1.82) is 0 Å². The van der Waals surface area contributed by atoms with E-state index in [1.54, 1.807) is 18.9 Å². The molecule has 0 saturated carbocycles. The van der Waals surface area contributed by atoms with E-state index in [2.05, 4.69) is 16.8 Å². The Hall–Kier alpha value is -0.220. The molecule has 0 unspecified atom stereocenters. The number of ether oxygens (including phenoxy) is 1. The van der Waals surface area contributed by atoms with Crippen LogP contribution >= 0.6 is 11.8 Å². The van der Waals surface area contributed by atoms with Crippen LogP contribution in [0.25, 0.3) is 0 Å². The molecule has 2 atom stereocenters. The Balaban J connectivity index is 2.72. The van der Waals surface area contributed by atoms with E-state index in [9.17, 15) is 0 Å². The van der Waals surface area contributed by atoms with Crippen molar-refractivity contribution in [1.82, 2.24) is 4.90 Å². The second kappa shape index (κ2) is 4.14. The van der Waals surface area contributed by atoms with Gasteiger partial charge in [0.05, 0.1) is 6.04 Å². The summed E-state index contributed by atoms with van der Waals surface area (Å²) in [6, 6.07) is 0.383. The van der Waals surface area contributed by atoms with Crippen LogP contribution in [0.2, 0.25) is 0 Å². The first-order valence-corrected chi connectivity index (χ1v) is 5.29. The quantitative estimate of drug-likeness (QED) is 0.622. The first-order valence-electron chi connectivity index (χ1n) is 4.06. The number of aliphatic imine (C=N–C) groups is 1. The van der Waals surface area contributed by atoms with Crippen LogP contribution in [0.1, 0.15) is 13.3 Å². The summed E-state index contributed by atoms with van der Waals surface area (Å²) in [7, 11) is 3.77. The van der Waals surface area contributed by atoms with Crippen molar-refractivity contribution in [3.63, 3.8) is 0 Å². The monoisotopic (exact) mass is 188 g/mol. The van der Waals surface area contributed by atoms with Gasteiger partial charge < -0.3 is 9.64 Å². The third-order valence-corrected chi connectivity index (χ3v) is 2.82. The molecule has 0 fully saturated rings. The van der Waals surface area contributed by atoms with Crippen LogP contribution in [0.15, 0.2) is 4.99 Å². The largest absolute Gasteiger partial charge is 0.361 e. The SMILES string of the molecule is CO[C@@H]1C[C@H](C)N=C(SC)N1C. The zero-order chi connectivity index (χ0) is 9.14. The fourth-order valence-corrected chi connectivity index (χ4v) is 2.05. The predicted octanol–water partition coefficient (Wildman–Crippen LogP) is 1.40. The van der Waals surface area contributed by atoms with Crippen molar-refractivity contribution in [3.05, 3.63) is 0 Å². The molecule has 0 amide bonds. The minimum absolute atomic E-state index is 0.194. The summed E-state index contributed by atoms with van der Waals surface area (Å²) in [5, 5.41) is 1.07. The van der Waals surface area contributed by atoms with Crippen LogP contribution < -0.4 is 0 Å². The highest BCUT2D eigenvalue weighted by molar-refractivity contribution is 8.13. The molecule has 0 radical (unpaired) electrons. The van der Waals surface area contributed by atoms with Gasteiger partial charge in [0, 0.05) is 20.6 Å². The van der Waals surface area contributed by atoms with Gasteiger partial charge in [-0.15, -0.1) is 0 Å². The van der Waals surface area contributed by atoms with Gasteiger partial charge in [0.1, 0.15) is 6.23 Å². The van der Waals surface area contributed by atoms with Gasteiger partial charge in [-0.25, -0.2) is 0 Å². The molecular formula is C8H16N2OS. The highest BCUT2D eigenvalue weighted by Crippen LogP contribution is 2.20. The molecule has 1 rings (SSSR count). The molecule has 70 valence electrons. The van der Waals surface area contributed by atoms with Gasteiger partial charge >= 0.3 is 0 Å². The Kier molecular flexibility index (Phi) is 3.40. The van der Waals surface area contributed by atoms with Gasteiger partial charge in [0.15, 0.2) is 5.17 Å². The van der Waals surface area contributed by atoms with E-state index in [1.807, 2.05) is 13.3 Å². The molecule has 0 N–H and O–H groups in total. The fraction of sp³-hybridized carbons (Fsp3) is 0.875. The average Bonchev–Trinajstić information content (AvgIpc) is 2.08. The minimum atomic E-state index is 0.194. The lowest BCUT2D eigenvalue weighted by molar-refractivity contribution is 0.00525. The van der Waals surface area contributed by atoms with E-state index < -0.39 is 0 Å². The summed E-state index contributed by atoms with van der Waals surface area (Å²) in [5.74, 6) is 0. The number of hydrogen-bond donors (Lipinski definition) is 0. The van der Waals surface area contributed by atoms with Gasteiger partial charge in [0.2, 0.25) is 0 Å². The van der Waals surface area contributed by atoms with Crippen molar-refractivity contribution < 1.29 is 4.74 Å². The highest BCUT2D eigenvalue weighted by Gasteiger charge is 2.24. The van der Waals surface area contributed by atoms with Crippen molar-refractivity contribution >= 4 is 16.9 Å². The fourth-order valence-electron chi connectivity index (χ4n) is 1.36. The zero-order valence-corrected chi connectivity index (χ0v) is 8.89. The average molecular weight is 188 g/mol. The standard InChI is InChI=1S/C8H16N2OS/c1-6-5-7(11-3)10(2)8(9-6)12-4/h6-7H,5H2,1-4H3/t6-,7+/m0/s1. The first kappa shape index (κ1) is 9.86. The lowest BCUT2D eigenvalue weighted by atomic mass is 10.2. The van der Waals surface area contributed by atoms with Crippen molar-refractivity contribution in [2.75, 3.05) is 20.4 Å². The molecule has 0 aromatic rings. The summed E-state index contributed by atoms with van der Waals surface area (Å²) in [6.07, 6.45) is 3.22. The first-order chi connectivity index (χ1) is 5.69. The molecule has 0 saturated heterocycles. The molecule has 0 aromatic heterocycles. The molecule has 3 nitrogen and oxygen atoms in total. The Morgan fingerprint density at radius 3 is 2.83 bits per heavy atom. The number of methoxy groups -OCH3 is 1. The maximum absolute atomic E-state index is 5.34. The summed E-state index contributed by atoms with van der Waals surface area (Å²) in [6.45, 7) is 2.12. The third kappa shape index (κ3) is 1.93. The van der Waals surface area contributed by atoms with E-state index in [4.69, 9.17) is 4.74 Å². The molecular weight excluding hydrogens is 172 g/mol. The van der Waals surface area contributed by atoms with Crippen LogP contribution in [0, 0.1) is 0 Å². The lowest BCUT2D eigenvalue weighted by Gasteiger charge is -2.34. The maximum Gasteiger partial charge on any atom is 0.160 e. The van der Waals surface area contributed by atoms with Crippen LogP contribution in [0.4, 0.5) is 0 Å². The molecule has 0 aliphatic carbocycles. The van der Waals surface area contributed by atoms with E-state index in [0.29, 0.717) is 6.04 Å². The van der Waals surface area contributed by atoms with Crippen LogP contribution in [0.5, 0.6) is 0 Å². The van der Waals surface area contributed by atoms with Crippen molar-refractivity contribution in [3.8, 4) is 0 Å². The zero-order valence-electron chi connectivity index (χ0n) is 8.07. The van der Waals surface area contributed by atoms with Crippen molar-refractivity contribution in [2.24, 2.45) is 4.99 Å². The Labute approximate surface area is 78.2 Å². The number of nitrogens with zero attached hydrogens (tertiary/aromatic N) is 2.